The van der Waals surface area contributed by atoms with Crippen molar-refractivity contribution in [2.45, 2.75) is 13.5 Å². The van der Waals surface area contributed by atoms with E-state index in [-0.39, 0.29) is 13.1 Å². The Hall–Kier alpha value is -3.03. The zero-order chi connectivity index (χ0) is 17.2. The predicted molar refractivity (Wildman–Crippen MR) is 82.3 cm³/mol. The molecular weight excluding hydrogens is 302 g/mol. The number of nitrogens with one attached hydrogen (secondary N) is 3. The monoisotopic (exact) mass is 321 g/mol. The number of hydrogen-bond acceptors (Lipinski definition) is 5. The average Bonchev–Trinajstić information content (AvgIpc) is 2.52. The fraction of sp³-hybridized carbons (Fsp3) is 0.267. The van der Waals surface area contributed by atoms with Gasteiger partial charge in [-0.2, -0.15) is 0 Å². The van der Waals surface area contributed by atoms with Crippen molar-refractivity contribution < 1.29 is 24.6 Å². The van der Waals surface area contributed by atoms with Crippen LogP contribution in [0.25, 0.3) is 0 Å². The van der Waals surface area contributed by atoms with Crippen molar-refractivity contribution in [1.82, 2.24) is 16.0 Å². The van der Waals surface area contributed by atoms with E-state index in [1.54, 1.807) is 31.2 Å². The van der Waals surface area contributed by atoms with Crippen LogP contribution in [0.4, 0.5) is 0 Å². The summed E-state index contributed by atoms with van der Waals surface area (Å²) in [5.74, 6) is -3.65. The second-order valence-electron chi connectivity index (χ2n) is 4.50. The van der Waals surface area contributed by atoms with Gasteiger partial charge in [-0.05, 0) is 12.5 Å². The lowest BCUT2D eigenvalue weighted by Crippen LogP contribution is -2.39. The molecule has 0 bridgehead atoms. The summed E-state index contributed by atoms with van der Waals surface area (Å²) in [5, 5.41) is 25.4. The van der Waals surface area contributed by atoms with Crippen LogP contribution in [0.3, 0.4) is 0 Å². The second kappa shape index (κ2) is 9.08. The lowest BCUT2D eigenvalue weighted by atomic mass is 10.2. The molecule has 0 spiro atoms. The molecule has 1 aromatic rings. The van der Waals surface area contributed by atoms with E-state index in [0.29, 0.717) is 0 Å². The van der Waals surface area contributed by atoms with Crippen molar-refractivity contribution in [2.75, 3.05) is 13.1 Å². The third kappa shape index (κ3) is 6.08. The van der Waals surface area contributed by atoms with Gasteiger partial charge in [0, 0.05) is 13.1 Å². The number of carbonyl (C=O) groups is 3. The number of carboxylic acid groups (broad SMARTS) is 1. The zero-order valence-electron chi connectivity index (χ0n) is 12.6. The summed E-state index contributed by atoms with van der Waals surface area (Å²) in [6, 6.07) is 9.01. The number of amides is 2. The summed E-state index contributed by atoms with van der Waals surface area (Å²) in [7, 11) is 0. The van der Waals surface area contributed by atoms with Crippen molar-refractivity contribution in [1.29, 1.82) is 0 Å². The van der Waals surface area contributed by atoms with Gasteiger partial charge in [0.05, 0.1) is 0 Å². The number of aliphatic hydroxyl groups is 1. The van der Waals surface area contributed by atoms with E-state index in [4.69, 9.17) is 5.11 Å². The minimum Gasteiger partial charge on any atom is -0.494 e. The summed E-state index contributed by atoms with van der Waals surface area (Å²) in [6.07, 6.45) is 0. The minimum atomic E-state index is -1.26. The Balaban J connectivity index is 2.82. The van der Waals surface area contributed by atoms with Crippen molar-refractivity contribution in [3.8, 4) is 0 Å². The summed E-state index contributed by atoms with van der Waals surface area (Å²) in [5.41, 5.74) is 0.248. The molecular formula is C15H19N3O5. The number of carboxylic acids is 1. The molecule has 2 amide bonds. The molecule has 0 fully saturated rings. The van der Waals surface area contributed by atoms with Crippen LogP contribution in [0, 0.1) is 0 Å². The SMILES string of the molecule is CCN/C(O)=C(/C(=O)NCC(=O)O)C(=O)NCc1ccccc1. The Morgan fingerprint density at radius 3 is 2.13 bits per heavy atom. The third-order valence-electron chi connectivity index (χ3n) is 2.73. The highest BCUT2D eigenvalue weighted by molar-refractivity contribution is 6.19. The molecule has 5 N–H and O–H groups in total. The summed E-state index contributed by atoms with van der Waals surface area (Å²) < 4.78 is 0. The number of carbonyl (C=O) groups excluding carboxylic acids is 2. The molecule has 0 radical (unpaired) electrons. The molecule has 1 rings (SSSR count). The van der Waals surface area contributed by atoms with Crippen LogP contribution in [-0.4, -0.2) is 41.1 Å². The minimum absolute atomic E-state index is 0.161. The maximum Gasteiger partial charge on any atom is 0.322 e. The van der Waals surface area contributed by atoms with Gasteiger partial charge in [0.25, 0.3) is 11.8 Å². The van der Waals surface area contributed by atoms with Crippen molar-refractivity contribution in [3.63, 3.8) is 0 Å². The summed E-state index contributed by atoms with van der Waals surface area (Å²) >= 11 is 0. The smallest absolute Gasteiger partial charge is 0.322 e. The topological polar surface area (TPSA) is 128 Å². The van der Waals surface area contributed by atoms with Gasteiger partial charge in [-0.1, -0.05) is 30.3 Å². The molecule has 8 heteroatoms. The molecule has 0 unspecified atom stereocenters. The first-order valence-electron chi connectivity index (χ1n) is 6.95. The Labute approximate surface area is 133 Å². The van der Waals surface area contributed by atoms with Crippen LogP contribution in [0.1, 0.15) is 12.5 Å². The molecule has 124 valence electrons. The Morgan fingerprint density at radius 1 is 0.957 bits per heavy atom. The van der Waals surface area contributed by atoms with E-state index in [9.17, 15) is 19.5 Å². The molecule has 0 aliphatic heterocycles. The van der Waals surface area contributed by atoms with Crippen LogP contribution < -0.4 is 16.0 Å². The third-order valence-corrected chi connectivity index (χ3v) is 2.73. The van der Waals surface area contributed by atoms with Crippen molar-refractivity contribution >= 4 is 17.8 Å². The first-order chi connectivity index (χ1) is 11.0. The fourth-order valence-electron chi connectivity index (χ4n) is 1.68. The van der Waals surface area contributed by atoms with Crippen LogP contribution in [-0.2, 0) is 20.9 Å². The zero-order valence-corrected chi connectivity index (χ0v) is 12.6. The van der Waals surface area contributed by atoms with Gasteiger partial charge in [-0.15, -0.1) is 0 Å². The molecule has 0 heterocycles. The number of aliphatic hydroxyl groups excluding tert-OH is 1. The van der Waals surface area contributed by atoms with E-state index in [1.807, 2.05) is 11.4 Å². The molecule has 0 aromatic heterocycles. The Kier molecular flexibility index (Phi) is 7.12. The quantitative estimate of drug-likeness (QED) is 0.197. The predicted octanol–water partition coefficient (Wildman–Crippen LogP) is -0.117. The lowest BCUT2D eigenvalue weighted by Gasteiger charge is -2.12. The fourth-order valence-corrected chi connectivity index (χ4v) is 1.68. The molecule has 0 atom stereocenters. The van der Waals surface area contributed by atoms with Gasteiger partial charge in [-0.3, -0.25) is 14.4 Å². The Morgan fingerprint density at radius 2 is 1.57 bits per heavy atom. The number of hydrogen-bond donors (Lipinski definition) is 5. The van der Waals surface area contributed by atoms with Gasteiger partial charge in [0.15, 0.2) is 5.57 Å². The first kappa shape index (κ1) is 18.0. The normalized spacial score (nSPS) is 11.2. The molecule has 23 heavy (non-hydrogen) atoms. The van der Waals surface area contributed by atoms with Crippen LogP contribution in [0.2, 0.25) is 0 Å². The number of aliphatic carboxylic acids is 1. The maximum absolute atomic E-state index is 12.1. The van der Waals surface area contributed by atoms with E-state index in [0.717, 1.165) is 5.56 Å². The van der Waals surface area contributed by atoms with Gasteiger partial charge in [0.1, 0.15) is 6.54 Å². The maximum atomic E-state index is 12.1. The molecule has 0 aliphatic carbocycles. The Bertz CT molecular complexity index is 598. The van der Waals surface area contributed by atoms with Gasteiger partial charge >= 0.3 is 5.97 Å². The van der Waals surface area contributed by atoms with Gasteiger partial charge in [0.2, 0.25) is 5.88 Å². The van der Waals surface area contributed by atoms with Crippen LogP contribution in [0.5, 0.6) is 0 Å². The molecule has 0 saturated heterocycles. The van der Waals surface area contributed by atoms with Gasteiger partial charge in [-0.25, -0.2) is 0 Å². The second-order valence-corrected chi connectivity index (χ2v) is 4.50. The van der Waals surface area contributed by atoms with Crippen molar-refractivity contribution in [2.24, 2.45) is 0 Å². The summed E-state index contributed by atoms with van der Waals surface area (Å²) in [6.45, 7) is 1.46. The molecule has 0 aliphatic rings. The molecule has 0 saturated carbocycles. The lowest BCUT2D eigenvalue weighted by molar-refractivity contribution is -0.138. The largest absolute Gasteiger partial charge is 0.494 e. The van der Waals surface area contributed by atoms with E-state index < -0.39 is 35.8 Å². The highest BCUT2D eigenvalue weighted by atomic mass is 16.4. The highest BCUT2D eigenvalue weighted by Crippen LogP contribution is 2.03. The number of benzene rings is 1. The highest BCUT2D eigenvalue weighted by Gasteiger charge is 2.23. The van der Waals surface area contributed by atoms with E-state index in [1.165, 1.54) is 0 Å². The summed E-state index contributed by atoms with van der Waals surface area (Å²) in [4.78, 5) is 34.6. The van der Waals surface area contributed by atoms with Crippen LogP contribution >= 0.6 is 0 Å². The van der Waals surface area contributed by atoms with Crippen LogP contribution in [0.15, 0.2) is 41.8 Å². The van der Waals surface area contributed by atoms with E-state index >= 15 is 0 Å². The number of rotatable bonds is 8. The standard InChI is InChI=1S/C15H19N3O5/c1-2-16-13(21)12(15(23)18-9-11(19)20)14(22)17-8-10-6-4-3-5-7-10/h3-7,16,21H,2,8-9H2,1H3,(H,17,22)(H,18,23)(H,19,20)/b13-12-. The molecule has 1 aromatic carbocycles. The molecule has 8 nitrogen and oxygen atoms in total. The van der Waals surface area contributed by atoms with E-state index in [2.05, 4.69) is 10.6 Å². The van der Waals surface area contributed by atoms with Gasteiger partial charge < -0.3 is 26.2 Å². The first-order valence-corrected chi connectivity index (χ1v) is 6.95. The average molecular weight is 321 g/mol. The van der Waals surface area contributed by atoms with Crippen molar-refractivity contribution in [3.05, 3.63) is 47.4 Å².